The maximum atomic E-state index is 12.6. The Kier molecular flexibility index (Phi) is 5.71. The summed E-state index contributed by atoms with van der Waals surface area (Å²) in [7, 11) is -3.78. The minimum Gasteiger partial charge on any atom is -0.398 e. The van der Waals surface area contributed by atoms with Crippen LogP contribution < -0.4 is 5.73 Å². The monoisotopic (exact) mass is 306 g/mol. The van der Waals surface area contributed by atoms with E-state index in [1.807, 2.05) is 26.0 Å². The molecule has 1 rings (SSSR count). The molecule has 0 aliphatic heterocycles. The van der Waals surface area contributed by atoms with Crippen molar-refractivity contribution < 1.29 is 8.42 Å². The van der Waals surface area contributed by atoms with Crippen LogP contribution >= 0.6 is 0 Å². The molecule has 0 radical (unpaired) electrons. The first-order chi connectivity index (χ1) is 9.82. The van der Waals surface area contributed by atoms with Crippen molar-refractivity contribution in [3.63, 3.8) is 0 Å². The summed E-state index contributed by atoms with van der Waals surface area (Å²) in [5, 5.41) is 17.5. The maximum absolute atomic E-state index is 12.6. The van der Waals surface area contributed by atoms with E-state index in [4.69, 9.17) is 16.3 Å². The van der Waals surface area contributed by atoms with Gasteiger partial charge >= 0.3 is 0 Å². The lowest BCUT2D eigenvalue weighted by atomic mass is 10.2. The summed E-state index contributed by atoms with van der Waals surface area (Å²) < 4.78 is 26.6. The molecule has 0 spiro atoms. The van der Waals surface area contributed by atoms with Crippen LogP contribution in [0.2, 0.25) is 0 Å². The van der Waals surface area contributed by atoms with Crippen molar-refractivity contribution in [3.8, 4) is 12.1 Å². The Balaban J connectivity index is 3.22. The van der Waals surface area contributed by atoms with E-state index < -0.39 is 10.0 Å². The molecule has 0 aliphatic carbocycles. The third-order valence-electron chi connectivity index (χ3n) is 2.80. The lowest BCUT2D eigenvalue weighted by molar-refractivity contribution is 0.373. The smallest absolute Gasteiger partial charge is 0.245 e. The van der Waals surface area contributed by atoms with E-state index in [1.165, 1.54) is 22.5 Å². The minimum atomic E-state index is -3.78. The molecule has 0 bridgehead atoms. The van der Waals surface area contributed by atoms with Crippen LogP contribution in [0.4, 0.5) is 5.69 Å². The van der Waals surface area contributed by atoms with E-state index in [2.05, 4.69) is 0 Å². The summed E-state index contributed by atoms with van der Waals surface area (Å²) in [5.41, 5.74) is 6.10. The van der Waals surface area contributed by atoms with Gasteiger partial charge in [0.15, 0.2) is 0 Å². The lowest BCUT2D eigenvalue weighted by Gasteiger charge is -2.23. The summed E-state index contributed by atoms with van der Waals surface area (Å²) in [6, 6.07) is 7.95. The Labute approximate surface area is 125 Å². The molecule has 112 valence electrons. The number of hydrogen-bond donors (Lipinski definition) is 1. The van der Waals surface area contributed by atoms with Crippen molar-refractivity contribution in [3.05, 3.63) is 23.8 Å². The van der Waals surface area contributed by atoms with Crippen LogP contribution in [0.25, 0.3) is 0 Å². The van der Waals surface area contributed by atoms with Gasteiger partial charge in [-0.3, -0.25) is 0 Å². The molecular weight excluding hydrogens is 288 g/mol. The topological polar surface area (TPSA) is 111 Å². The van der Waals surface area contributed by atoms with Gasteiger partial charge in [-0.1, -0.05) is 13.8 Å². The zero-order chi connectivity index (χ0) is 16.0. The molecule has 0 unspecified atom stereocenters. The normalized spacial score (nSPS) is 11.3. The summed E-state index contributed by atoms with van der Waals surface area (Å²) in [5.74, 6) is 0.123. The quantitative estimate of drug-likeness (QED) is 0.804. The van der Waals surface area contributed by atoms with E-state index in [0.29, 0.717) is 12.1 Å². The van der Waals surface area contributed by atoms with Gasteiger partial charge in [0, 0.05) is 19.5 Å². The van der Waals surface area contributed by atoms with Crippen LogP contribution in [0.15, 0.2) is 23.1 Å². The molecule has 1 aromatic rings. The van der Waals surface area contributed by atoms with Gasteiger partial charge in [-0.25, -0.2) is 8.42 Å². The van der Waals surface area contributed by atoms with Crippen LogP contribution in [-0.2, 0) is 10.0 Å². The molecule has 0 saturated carbocycles. The van der Waals surface area contributed by atoms with Gasteiger partial charge in [0.25, 0.3) is 0 Å². The van der Waals surface area contributed by atoms with Crippen LogP contribution in [0.3, 0.4) is 0 Å². The number of benzene rings is 1. The average molecular weight is 306 g/mol. The predicted octanol–water partition coefficient (Wildman–Crippen LogP) is 1.70. The second-order valence-electron chi connectivity index (χ2n) is 5.03. The zero-order valence-corrected chi connectivity index (χ0v) is 12.9. The summed E-state index contributed by atoms with van der Waals surface area (Å²) in [4.78, 5) is -0.0277. The van der Waals surface area contributed by atoms with Gasteiger partial charge < -0.3 is 5.73 Å². The van der Waals surface area contributed by atoms with E-state index in [-0.39, 0.29) is 29.5 Å². The zero-order valence-electron chi connectivity index (χ0n) is 12.1. The largest absolute Gasteiger partial charge is 0.398 e. The molecule has 0 fully saturated rings. The molecule has 0 amide bonds. The molecule has 21 heavy (non-hydrogen) atoms. The maximum Gasteiger partial charge on any atom is 0.245 e. The number of rotatable bonds is 6. The fourth-order valence-electron chi connectivity index (χ4n) is 1.88. The second-order valence-corrected chi connectivity index (χ2v) is 6.94. The number of anilines is 1. The minimum absolute atomic E-state index is 0.0277. The van der Waals surface area contributed by atoms with Crippen molar-refractivity contribution in [1.29, 1.82) is 10.5 Å². The fraction of sp³-hybridized carbons (Fsp3) is 0.429. The predicted molar refractivity (Wildman–Crippen MR) is 79.4 cm³/mol. The van der Waals surface area contributed by atoms with Crippen molar-refractivity contribution in [2.24, 2.45) is 5.92 Å². The number of nitrogens with two attached hydrogens (primary N) is 1. The molecule has 0 saturated heterocycles. The Morgan fingerprint density at radius 1 is 1.33 bits per heavy atom. The van der Waals surface area contributed by atoms with Crippen molar-refractivity contribution in [1.82, 2.24) is 4.31 Å². The molecule has 2 N–H and O–H groups in total. The highest BCUT2D eigenvalue weighted by Gasteiger charge is 2.26. The fourth-order valence-corrected chi connectivity index (χ4v) is 3.58. The van der Waals surface area contributed by atoms with Crippen molar-refractivity contribution >= 4 is 15.7 Å². The van der Waals surface area contributed by atoms with Crippen LogP contribution in [0.1, 0.15) is 25.8 Å². The van der Waals surface area contributed by atoms with Crippen LogP contribution in [-0.4, -0.2) is 25.8 Å². The van der Waals surface area contributed by atoms with E-state index in [0.717, 1.165) is 0 Å². The molecule has 0 aromatic heterocycles. The molecule has 0 atom stereocenters. The van der Waals surface area contributed by atoms with Gasteiger partial charge in [-0.15, -0.1) is 0 Å². The Morgan fingerprint density at radius 2 is 2.00 bits per heavy atom. The molecule has 0 aliphatic rings. The summed E-state index contributed by atoms with van der Waals surface area (Å²) in [6.45, 7) is 4.23. The highest BCUT2D eigenvalue weighted by atomic mass is 32.2. The highest BCUT2D eigenvalue weighted by Crippen LogP contribution is 2.24. The Hall–Kier alpha value is -2.09. The van der Waals surface area contributed by atoms with Gasteiger partial charge in [0.05, 0.1) is 23.4 Å². The molecule has 1 aromatic carbocycles. The third-order valence-corrected chi connectivity index (χ3v) is 4.74. The van der Waals surface area contributed by atoms with Crippen molar-refractivity contribution in [2.75, 3.05) is 18.8 Å². The first-order valence-corrected chi connectivity index (χ1v) is 7.93. The van der Waals surface area contributed by atoms with Crippen molar-refractivity contribution in [2.45, 2.75) is 25.2 Å². The Morgan fingerprint density at radius 3 is 2.48 bits per heavy atom. The average Bonchev–Trinajstić information content (AvgIpc) is 2.42. The third kappa shape index (κ3) is 4.19. The number of hydrogen-bond acceptors (Lipinski definition) is 5. The number of sulfonamides is 1. The second kappa shape index (κ2) is 7.07. The lowest BCUT2D eigenvalue weighted by Crippen LogP contribution is -2.35. The molecule has 6 nitrogen and oxygen atoms in total. The standard InChI is InChI=1S/C14H18N4O2S/c1-11(2)10-18(7-3-6-15)21(19,20)14-5-4-12(9-16)8-13(14)17/h4-5,8,11H,3,7,10,17H2,1-2H3. The van der Waals surface area contributed by atoms with Gasteiger partial charge in [0.2, 0.25) is 10.0 Å². The van der Waals surface area contributed by atoms with E-state index in [9.17, 15) is 8.42 Å². The Bertz CT molecular complexity index is 684. The van der Waals surface area contributed by atoms with Crippen LogP contribution in [0, 0.1) is 28.6 Å². The summed E-state index contributed by atoms with van der Waals surface area (Å²) >= 11 is 0. The summed E-state index contributed by atoms with van der Waals surface area (Å²) in [6.07, 6.45) is 0.113. The first kappa shape index (κ1) is 17.0. The van der Waals surface area contributed by atoms with E-state index >= 15 is 0 Å². The number of nitrogens with zero attached hydrogens (tertiary/aromatic N) is 3. The van der Waals surface area contributed by atoms with E-state index in [1.54, 1.807) is 0 Å². The number of nitrogen functional groups attached to an aromatic ring is 1. The number of nitriles is 2. The highest BCUT2D eigenvalue weighted by molar-refractivity contribution is 7.89. The van der Waals surface area contributed by atoms with Gasteiger partial charge in [0.1, 0.15) is 4.90 Å². The molecule has 0 heterocycles. The van der Waals surface area contributed by atoms with Gasteiger partial charge in [-0.05, 0) is 24.1 Å². The van der Waals surface area contributed by atoms with Crippen LogP contribution in [0.5, 0.6) is 0 Å². The molecule has 7 heteroatoms. The van der Waals surface area contributed by atoms with Gasteiger partial charge in [-0.2, -0.15) is 14.8 Å². The molecular formula is C14H18N4O2S. The SMILES string of the molecule is CC(C)CN(CCC#N)S(=O)(=O)c1ccc(C#N)cc1N. The first-order valence-electron chi connectivity index (χ1n) is 6.49.